The molecule has 1 saturated heterocycles. The normalized spacial score (nSPS) is 25.4. The Morgan fingerprint density at radius 1 is 1.43 bits per heavy atom. The summed E-state index contributed by atoms with van der Waals surface area (Å²) >= 11 is 0. The number of aromatic nitrogens is 2. The Balaban J connectivity index is 2.21. The Morgan fingerprint density at radius 3 is 2.62 bits per heavy atom. The summed E-state index contributed by atoms with van der Waals surface area (Å²) in [4.78, 5) is 8.92. The van der Waals surface area contributed by atoms with Gasteiger partial charge in [-0.3, -0.25) is 0 Å². The lowest BCUT2D eigenvalue weighted by atomic mass is 9.97. The van der Waals surface area contributed by atoms with E-state index in [1.165, 1.54) is 0 Å². The van der Waals surface area contributed by atoms with E-state index in [0.717, 1.165) is 5.56 Å². The summed E-state index contributed by atoms with van der Waals surface area (Å²) in [5.41, 5.74) is 2.56. The summed E-state index contributed by atoms with van der Waals surface area (Å²) in [5, 5.41) is 13.8. The highest BCUT2D eigenvalue weighted by Gasteiger charge is 2.39. The molecule has 0 amide bonds. The summed E-state index contributed by atoms with van der Waals surface area (Å²) in [6, 6.07) is 0. The van der Waals surface area contributed by atoms with Crippen LogP contribution in [-0.4, -0.2) is 39.9 Å². The molecule has 2 heterocycles. The first-order valence-electron chi connectivity index (χ1n) is 7.30. The molecule has 2 unspecified atom stereocenters. The molecule has 1 aliphatic rings. The van der Waals surface area contributed by atoms with Crippen LogP contribution in [0.5, 0.6) is 0 Å². The Labute approximate surface area is 125 Å². The zero-order chi connectivity index (χ0) is 15.6. The summed E-state index contributed by atoms with van der Waals surface area (Å²) in [6.45, 7) is 8.78. The molecule has 7 heteroatoms. The van der Waals surface area contributed by atoms with E-state index in [4.69, 9.17) is 10.6 Å². The number of hydrazine groups is 1. The Kier molecular flexibility index (Phi) is 4.65. The van der Waals surface area contributed by atoms with Gasteiger partial charge in [-0.2, -0.15) is 0 Å². The number of nitrogens with two attached hydrogens (primary N) is 1. The maximum atomic E-state index is 10.5. The second-order valence-corrected chi connectivity index (χ2v) is 5.92. The van der Waals surface area contributed by atoms with E-state index in [9.17, 15) is 5.11 Å². The van der Waals surface area contributed by atoms with Gasteiger partial charge in [-0.05, 0) is 13.8 Å². The molecule has 1 aromatic rings. The van der Waals surface area contributed by atoms with Crippen molar-refractivity contribution in [3.8, 4) is 0 Å². The molecule has 118 valence electrons. The van der Waals surface area contributed by atoms with Crippen molar-refractivity contribution in [2.24, 2.45) is 5.84 Å². The van der Waals surface area contributed by atoms with E-state index in [2.05, 4.69) is 20.7 Å². The molecule has 7 nitrogen and oxygen atoms in total. The first-order valence-corrected chi connectivity index (χ1v) is 7.30. The van der Waals surface area contributed by atoms with Gasteiger partial charge in [-0.15, -0.1) is 0 Å². The fraction of sp³-hybridized carbons (Fsp3) is 0.714. The molecular weight excluding hydrogens is 270 g/mol. The second-order valence-electron chi connectivity index (χ2n) is 5.92. The molecule has 0 bridgehead atoms. The van der Waals surface area contributed by atoms with Gasteiger partial charge in [0.1, 0.15) is 23.1 Å². The third-order valence-electron chi connectivity index (χ3n) is 4.04. The van der Waals surface area contributed by atoms with Gasteiger partial charge in [0.05, 0.1) is 6.10 Å². The highest BCUT2D eigenvalue weighted by Crippen LogP contribution is 2.28. The van der Waals surface area contributed by atoms with Crippen LogP contribution in [0.25, 0.3) is 0 Å². The molecule has 0 aliphatic carbocycles. The predicted molar refractivity (Wildman–Crippen MR) is 82.1 cm³/mol. The SMILES string of the molecule is Cc1c(NN)nc(C(C)C)nc1NCC1(O)CCOC1C. The van der Waals surface area contributed by atoms with Gasteiger partial charge in [-0.1, -0.05) is 13.8 Å². The lowest BCUT2D eigenvalue weighted by Gasteiger charge is -2.27. The van der Waals surface area contributed by atoms with E-state index in [-0.39, 0.29) is 12.0 Å². The van der Waals surface area contributed by atoms with Gasteiger partial charge in [0.2, 0.25) is 0 Å². The molecule has 1 aliphatic heterocycles. The second kappa shape index (κ2) is 6.13. The van der Waals surface area contributed by atoms with Crippen molar-refractivity contribution in [1.82, 2.24) is 9.97 Å². The van der Waals surface area contributed by atoms with E-state index < -0.39 is 5.60 Å². The Hall–Kier alpha value is -1.44. The van der Waals surface area contributed by atoms with E-state index in [1.807, 2.05) is 27.7 Å². The highest BCUT2D eigenvalue weighted by atomic mass is 16.5. The smallest absolute Gasteiger partial charge is 0.148 e. The number of ether oxygens (including phenoxy) is 1. The van der Waals surface area contributed by atoms with Gasteiger partial charge in [-0.25, -0.2) is 15.8 Å². The number of nitrogens with one attached hydrogen (secondary N) is 2. The van der Waals surface area contributed by atoms with Crippen LogP contribution in [0.2, 0.25) is 0 Å². The fourth-order valence-electron chi connectivity index (χ4n) is 2.34. The highest BCUT2D eigenvalue weighted by molar-refractivity contribution is 5.57. The molecule has 1 aromatic heterocycles. The zero-order valence-corrected chi connectivity index (χ0v) is 13.1. The maximum absolute atomic E-state index is 10.5. The van der Waals surface area contributed by atoms with Crippen LogP contribution in [0, 0.1) is 6.92 Å². The molecule has 0 saturated carbocycles. The molecule has 21 heavy (non-hydrogen) atoms. The van der Waals surface area contributed by atoms with Gasteiger partial charge in [0, 0.05) is 31.1 Å². The van der Waals surface area contributed by atoms with E-state index >= 15 is 0 Å². The fourth-order valence-corrected chi connectivity index (χ4v) is 2.34. The van der Waals surface area contributed by atoms with Gasteiger partial charge in [0.15, 0.2) is 0 Å². The number of hydrogen-bond acceptors (Lipinski definition) is 7. The van der Waals surface area contributed by atoms with Crippen LogP contribution < -0.4 is 16.6 Å². The van der Waals surface area contributed by atoms with E-state index in [1.54, 1.807) is 0 Å². The average molecular weight is 295 g/mol. The lowest BCUT2D eigenvalue weighted by molar-refractivity contribution is -0.0176. The van der Waals surface area contributed by atoms with Crippen LogP contribution in [0.4, 0.5) is 11.6 Å². The van der Waals surface area contributed by atoms with Crippen LogP contribution in [0.15, 0.2) is 0 Å². The van der Waals surface area contributed by atoms with Gasteiger partial charge < -0.3 is 20.6 Å². The molecule has 5 N–H and O–H groups in total. The van der Waals surface area contributed by atoms with Gasteiger partial charge in [0.25, 0.3) is 0 Å². The van der Waals surface area contributed by atoms with Gasteiger partial charge >= 0.3 is 0 Å². The van der Waals surface area contributed by atoms with Crippen LogP contribution in [-0.2, 0) is 4.74 Å². The zero-order valence-electron chi connectivity index (χ0n) is 13.1. The number of nitrogen functional groups attached to an aromatic ring is 1. The topological polar surface area (TPSA) is 105 Å². The quantitative estimate of drug-likeness (QED) is 0.477. The van der Waals surface area contributed by atoms with Crippen molar-refractivity contribution in [3.05, 3.63) is 11.4 Å². The molecule has 2 rings (SSSR count). The molecule has 1 fully saturated rings. The Morgan fingerprint density at radius 2 is 2.10 bits per heavy atom. The van der Waals surface area contributed by atoms with Crippen LogP contribution >= 0.6 is 0 Å². The van der Waals surface area contributed by atoms with Crippen molar-refractivity contribution in [3.63, 3.8) is 0 Å². The summed E-state index contributed by atoms with van der Waals surface area (Å²) in [7, 11) is 0. The predicted octanol–water partition coefficient (Wildman–Crippen LogP) is 1.15. The number of rotatable bonds is 5. The van der Waals surface area contributed by atoms with Crippen LogP contribution in [0.3, 0.4) is 0 Å². The average Bonchev–Trinajstić information content (AvgIpc) is 2.77. The van der Waals surface area contributed by atoms with Crippen LogP contribution in [0.1, 0.15) is 44.5 Å². The minimum atomic E-state index is -0.869. The number of nitrogens with zero attached hydrogens (tertiary/aromatic N) is 2. The summed E-state index contributed by atoms with van der Waals surface area (Å²) in [5.74, 6) is 7.70. The monoisotopic (exact) mass is 295 g/mol. The Bertz CT molecular complexity index is 508. The summed E-state index contributed by atoms with van der Waals surface area (Å²) in [6.07, 6.45) is 0.424. The third-order valence-corrected chi connectivity index (χ3v) is 4.04. The van der Waals surface area contributed by atoms with Crippen molar-refractivity contribution < 1.29 is 9.84 Å². The molecule has 2 atom stereocenters. The number of hydrogen-bond donors (Lipinski definition) is 4. The maximum Gasteiger partial charge on any atom is 0.148 e. The first-order chi connectivity index (χ1) is 9.87. The molecular formula is C14H25N5O2. The molecule has 0 radical (unpaired) electrons. The van der Waals surface area contributed by atoms with Crippen molar-refractivity contribution >= 4 is 11.6 Å². The number of anilines is 2. The van der Waals surface area contributed by atoms with E-state index in [0.29, 0.717) is 37.0 Å². The van der Waals surface area contributed by atoms with Crippen molar-refractivity contribution in [2.45, 2.75) is 51.7 Å². The molecule has 0 spiro atoms. The number of aliphatic hydroxyl groups is 1. The molecule has 0 aromatic carbocycles. The lowest BCUT2D eigenvalue weighted by Crippen LogP contribution is -2.43. The van der Waals surface area contributed by atoms with Crippen molar-refractivity contribution in [1.29, 1.82) is 0 Å². The first kappa shape index (κ1) is 15.9. The minimum absolute atomic E-state index is 0.190. The van der Waals surface area contributed by atoms with Crippen molar-refractivity contribution in [2.75, 3.05) is 23.9 Å². The minimum Gasteiger partial charge on any atom is -0.385 e. The third kappa shape index (κ3) is 3.25. The standard InChI is InChI=1S/C14H25N5O2/c1-8(2)11-17-12(9(3)13(18-11)19-15)16-7-14(20)5-6-21-10(14)4/h8,10,20H,5-7,15H2,1-4H3,(H2,16,17,18,19). The largest absolute Gasteiger partial charge is 0.385 e. The summed E-state index contributed by atoms with van der Waals surface area (Å²) < 4.78 is 5.44.